The number of likely N-dealkylation sites (N-methyl/N-ethyl adjacent to an activating group) is 1. The highest BCUT2D eigenvalue weighted by molar-refractivity contribution is 5.37. The van der Waals surface area contributed by atoms with E-state index in [1.807, 2.05) is 0 Å². The van der Waals surface area contributed by atoms with Crippen LogP contribution in [0.25, 0.3) is 0 Å². The second-order valence-electron chi connectivity index (χ2n) is 4.53. The molecule has 0 saturated heterocycles. The number of nitrogens with zero attached hydrogens (tertiary/aromatic N) is 1. The van der Waals surface area contributed by atoms with Crippen molar-refractivity contribution >= 4 is 0 Å². The van der Waals surface area contributed by atoms with E-state index in [4.69, 9.17) is 5.73 Å². The molecule has 2 N–H and O–H groups in total. The molecule has 0 spiro atoms. The summed E-state index contributed by atoms with van der Waals surface area (Å²) in [6, 6.07) is 4.53. The molecule has 0 heterocycles. The Morgan fingerprint density at radius 1 is 1.12 bits per heavy atom. The molecule has 16 heavy (non-hydrogen) atoms. The lowest BCUT2D eigenvalue weighted by Crippen LogP contribution is -2.29. The molecular weight excluding hydrogens is 196 g/mol. The van der Waals surface area contributed by atoms with Gasteiger partial charge in [-0.3, -0.25) is 4.90 Å². The van der Waals surface area contributed by atoms with Crippen molar-refractivity contribution in [3.8, 4) is 0 Å². The first-order valence-electron chi connectivity index (χ1n) is 6.07. The molecule has 0 bridgehead atoms. The quantitative estimate of drug-likeness (QED) is 0.825. The highest BCUT2D eigenvalue weighted by Crippen LogP contribution is 2.18. The SMILES string of the molecule is CCN(CCN)Cc1c(C)cc(C)cc1C. The Morgan fingerprint density at radius 2 is 1.69 bits per heavy atom. The Kier molecular flexibility index (Phi) is 4.97. The third-order valence-corrected chi connectivity index (χ3v) is 3.11. The summed E-state index contributed by atoms with van der Waals surface area (Å²) in [7, 11) is 0. The predicted octanol–water partition coefficient (Wildman–Crippen LogP) is 2.39. The van der Waals surface area contributed by atoms with Gasteiger partial charge in [0.05, 0.1) is 0 Å². The van der Waals surface area contributed by atoms with Gasteiger partial charge in [0.25, 0.3) is 0 Å². The van der Waals surface area contributed by atoms with Crippen LogP contribution in [0.4, 0.5) is 0 Å². The van der Waals surface area contributed by atoms with Crippen molar-refractivity contribution in [2.45, 2.75) is 34.2 Å². The van der Waals surface area contributed by atoms with Crippen LogP contribution in [-0.4, -0.2) is 24.5 Å². The minimum absolute atomic E-state index is 0.734. The van der Waals surface area contributed by atoms with Crippen LogP contribution < -0.4 is 5.73 Å². The fourth-order valence-corrected chi connectivity index (χ4v) is 2.21. The maximum absolute atomic E-state index is 5.62. The van der Waals surface area contributed by atoms with E-state index in [0.29, 0.717) is 0 Å². The molecule has 90 valence electrons. The predicted molar refractivity (Wildman–Crippen MR) is 70.7 cm³/mol. The van der Waals surface area contributed by atoms with Crippen LogP contribution in [0.2, 0.25) is 0 Å². The lowest BCUT2D eigenvalue weighted by atomic mass is 9.99. The summed E-state index contributed by atoms with van der Waals surface area (Å²) in [5, 5.41) is 0. The summed E-state index contributed by atoms with van der Waals surface area (Å²) < 4.78 is 0. The summed E-state index contributed by atoms with van der Waals surface area (Å²) in [5.41, 5.74) is 11.2. The largest absolute Gasteiger partial charge is 0.329 e. The molecule has 0 amide bonds. The molecule has 0 aliphatic rings. The van der Waals surface area contributed by atoms with Gasteiger partial charge in [0.2, 0.25) is 0 Å². The molecule has 0 radical (unpaired) electrons. The van der Waals surface area contributed by atoms with Gasteiger partial charge in [-0.25, -0.2) is 0 Å². The highest BCUT2D eigenvalue weighted by Gasteiger charge is 2.08. The van der Waals surface area contributed by atoms with E-state index in [1.54, 1.807) is 0 Å². The van der Waals surface area contributed by atoms with Gasteiger partial charge in [0.15, 0.2) is 0 Å². The third-order valence-electron chi connectivity index (χ3n) is 3.11. The normalized spacial score (nSPS) is 11.1. The molecule has 1 rings (SSSR count). The van der Waals surface area contributed by atoms with E-state index in [1.165, 1.54) is 22.3 Å². The molecule has 0 aliphatic heterocycles. The van der Waals surface area contributed by atoms with Crippen molar-refractivity contribution in [1.29, 1.82) is 0 Å². The van der Waals surface area contributed by atoms with E-state index in [0.717, 1.165) is 26.2 Å². The van der Waals surface area contributed by atoms with Crippen LogP contribution in [0, 0.1) is 20.8 Å². The monoisotopic (exact) mass is 220 g/mol. The zero-order chi connectivity index (χ0) is 12.1. The molecule has 0 saturated carbocycles. The number of aryl methyl sites for hydroxylation is 3. The van der Waals surface area contributed by atoms with Crippen LogP contribution >= 0.6 is 0 Å². The summed E-state index contributed by atoms with van der Waals surface area (Å²) in [6.45, 7) is 12.5. The standard InChI is InChI=1S/C14H24N2/c1-5-16(7-6-15)10-14-12(3)8-11(2)9-13(14)4/h8-9H,5-7,10,15H2,1-4H3. The molecular formula is C14H24N2. The lowest BCUT2D eigenvalue weighted by molar-refractivity contribution is 0.287. The molecule has 0 atom stereocenters. The molecule has 1 aromatic carbocycles. The molecule has 0 aromatic heterocycles. The van der Waals surface area contributed by atoms with E-state index < -0.39 is 0 Å². The number of hydrogen-bond donors (Lipinski definition) is 1. The summed E-state index contributed by atoms with van der Waals surface area (Å²) in [4.78, 5) is 2.39. The van der Waals surface area contributed by atoms with Crippen molar-refractivity contribution in [1.82, 2.24) is 4.90 Å². The van der Waals surface area contributed by atoms with Crippen LogP contribution in [0.1, 0.15) is 29.2 Å². The fraction of sp³-hybridized carbons (Fsp3) is 0.571. The minimum Gasteiger partial charge on any atom is -0.329 e. The van der Waals surface area contributed by atoms with Crippen molar-refractivity contribution in [3.63, 3.8) is 0 Å². The topological polar surface area (TPSA) is 29.3 Å². The molecule has 2 nitrogen and oxygen atoms in total. The Hall–Kier alpha value is -0.860. The average molecular weight is 220 g/mol. The van der Waals surface area contributed by atoms with Crippen LogP contribution in [-0.2, 0) is 6.54 Å². The zero-order valence-corrected chi connectivity index (χ0v) is 11.0. The van der Waals surface area contributed by atoms with Gasteiger partial charge >= 0.3 is 0 Å². The summed E-state index contributed by atoms with van der Waals surface area (Å²) in [6.07, 6.45) is 0. The van der Waals surface area contributed by atoms with Gasteiger partial charge in [-0.05, 0) is 44.0 Å². The Balaban J connectivity index is 2.87. The number of benzene rings is 1. The maximum atomic E-state index is 5.62. The van der Waals surface area contributed by atoms with Gasteiger partial charge in [0, 0.05) is 19.6 Å². The van der Waals surface area contributed by atoms with E-state index >= 15 is 0 Å². The van der Waals surface area contributed by atoms with Crippen LogP contribution in [0.3, 0.4) is 0 Å². The second-order valence-corrected chi connectivity index (χ2v) is 4.53. The first-order valence-corrected chi connectivity index (χ1v) is 6.07. The van der Waals surface area contributed by atoms with Crippen LogP contribution in [0.15, 0.2) is 12.1 Å². The first-order chi connectivity index (χ1) is 7.58. The summed E-state index contributed by atoms with van der Waals surface area (Å²) >= 11 is 0. The Morgan fingerprint density at radius 3 is 2.12 bits per heavy atom. The van der Waals surface area contributed by atoms with Gasteiger partial charge in [-0.2, -0.15) is 0 Å². The lowest BCUT2D eigenvalue weighted by Gasteiger charge is -2.22. The first kappa shape index (κ1) is 13.2. The van der Waals surface area contributed by atoms with Crippen molar-refractivity contribution in [2.24, 2.45) is 5.73 Å². The van der Waals surface area contributed by atoms with Crippen molar-refractivity contribution in [2.75, 3.05) is 19.6 Å². The van der Waals surface area contributed by atoms with Crippen molar-refractivity contribution < 1.29 is 0 Å². The fourth-order valence-electron chi connectivity index (χ4n) is 2.21. The van der Waals surface area contributed by atoms with Gasteiger partial charge < -0.3 is 5.73 Å². The third kappa shape index (κ3) is 3.32. The molecule has 0 unspecified atom stereocenters. The van der Waals surface area contributed by atoms with E-state index in [2.05, 4.69) is 44.7 Å². The Labute approximate surface area is 99.5 Å². The smallest absolute Gasteiger partial charge is 0.0239 e. The molecule has 0 fully saturated rings. The van der Waals surface area contributed by atoms with Gasteiger partial charge in [-0.1, -0.05) is 24.6 Å². The Bertz CT molecular complexity index is 322. The van der Waals surface area contributed by atoms with Gasteiger partial charge in [-0.15, -0.1) is 0 Å². The number of rotatable bonds is 5. The molecule has 2 heteroatoms. The van der Waals surface area contributed by atoms with Crippen molar-refractivity contribution in [3.05, 3.63) is 34.4 Å². The van der Waals surface area contributed by atoms with Gasteiger partial charge in [0.1, 0.15) is 0 Å². The zero-order valence-electron chi connectivity index (χ0n) is 11.0. The summed E-state index contributed by atoms with van der Waals surface area (Å²) in [5.74, 6) is 0. The number of nitrogens with two attached hydrogens (primary N) is 1. The van der Waals surface area contributed by atoms with E-state index in [9.17, 15) is 0 Å². The van der Waals surface area contributed by atoms with E-state index in [-0.39, 0.29) is 0 Å². The molecule has 0 aliphatic carbocycles. The highest BCUT2D eigenvalue weighted by atomic mass is 15.1. The average Bonchev–Trinajstić information content (AvgIpc) is 2.21. The second kappa shape index (κ2) is 6.02. The van der Waals surface area contributed by atoms with Crippen LogP contribution in [0.5, 0.6) is 0 Å². The molecule has 1 aromatic rings. The number of hydrogen-bond acceptors (Lipinski definition) is 2. The maximum Gasteiger partial charge on any atom is 0.0239 e. The minimum atomic E-state index is 0.734.